The lowest BCUT2D eigenvalue weighted by Gasteiger charge is -2.06. The molecule has 148 valence electrons. The molecule has 2 N–H and O–H groups in total. The van der Waals surface area contributed by atoms with Crippen LogP contribution in [0.3, 0.4) is 0 Å². The fourth-order valence-electron chi connectivity index (χ4n) is 2.76. The van der Waals surface area contributed by atoms with Gasteiger partial charge >= 0.3 is 0 Å². The summed E-state index contributed by atoms with van der Waals surface area (Å²) >= 11 is 0. The second kappa shape index (κ2) is 10.0. The van der Waals surface area contributed by atoms with Crippen LogP contribution >= 0.6 is 0 Å². The minimum atomic E-state index is -0.153. The van der Waals surface area contributed by atoms with Crippen molar-refractivity contribution in [2.75, 3.05) is 11.9 Å². The van der Waals surface area contributed by atoms with E-state index in [0.29, 0.717) is 24.4 Å². The van der Waals surface area contributed by atoms with Crippen LogP contribution in [-0.2, 0) is 17.9 Å². The lowest BCUT2D eigenvalue weighted by molar-refractivity contribution is -0.684. The standard InChI is InChI=1S/C23H23N3O3/c1-2-29-21-10-8-20(9-11-21)25-22(27)17-26-14-12-19(13-15-26)23(28)24-16-18-6-4-3-5-7-18/h3-15H,2,16-17H2,1H3,(H-,24,25,27,28)/p+1. The Balaban J connectivity index is 1.50. The lowest BCUT2D eigenvalue weighted by Crippen LogP contribution is -2.40. The van der Waals surface area contributed by atoms with Gasteiger partial charge in [0.1, 0.15) is 5.75 Å². The topological polar surface area (TPSA) is 71.3 Å². The highest BCUT2D eigenvalue weighted by molar-refractivity contribution is 5.93. The van der Waals surface area contributed by atoms with E-state index in [2.05, 4.69) is 10.6 Å². The highest BCUT2D eigenvalue weighted by atomic mass is 16.5. The number of aromatic nitrogens is 1. The van der Waals surface area contributed by atoms with Gasteiger partial charge < -0.3 is 15.4 Å². The molecule has 6 nitrogen and oxygen atoms in total. The normalized spacial score (nSPS) is 10.2. The van der Waals surface area contributed by atoms with E-state index in [9.17, 15) is 9.59 Å². The van der Waals surface area contributed by atoms with Gasteiger partial charge in [-0.15, -0.1) is 0 Å². The molecule has 0 atom stereocenters. The molecule has 0 radical (unpaired) electrons. The Morgan fingerprint density at radius 3 is 2.28 bits per heavy atom. The van der Waals surface area contributed by atoms with Crippen LogP contribution in [0.25, 0.3) is 0 Å². The van der Waals surface area contributed by atoms with Gasteiger partial charge in [0.2, 0.25) is 6.54 Å². The number of carbonyl (C=O) groups is 2. The van der Waals surface area contributed by atoms with Crippen LogP contribution in [0.2, 0.25) is 0 Å². The summed E-state index contributed by atoms with van der Waals surface area (Å²) in [6.07, 6.45) is 3.43. The van der Waals surface area contributed by atoms with Gasteiger partial charge in [-0.25, -0.2) is 0 Å². The molecule has 1 heterocycles. The first-order chi connectivity index (χ1) is 14.1. The third-order valence-electron chi connectivity index (χ3n) is 4.22. The van der Waals surface area contributed by atoms with Gasteiger partial charge in [-0.3, -0.25) is 9.59 Å². The summed E-state index contributed by atoms with van der Waals surface area (Å²) < 4.78 is 7.11. The van der Waals surface area contributed by atoms with E-state index in [0.717, 1.165) is 11.3 Å². The summed E-state index contributed by atoms with van der Waals surface area (Å²) in [6.45, 7) is 3.14. The fourth-order valence-corrected chi connectivity index (χ4v) is 2.76. The van der Waals surface area contributed by atoms with Crippen molar-refractivity contribution in [1.82, 2.24) is 5.32 Å². The number of benzene rings is 2. The number of nitrogens with one attached hydrogen (secondary N) is 2. The first-order valence-corrected chi connectivity index (χ1v) is 9.48. The zero-order valence-corrected chi connectivity index (χ0v) is 16.3. The van der Waals surface area contributed by atoms with E-state index >= 15 is 0 Å². The van der Waals surface area contributed by atoms with E-state index in [1.807, 2.05) is 49.4 Å². The Morgan fingerprint density at radius 1 is 0.931 bits per heavy atom. The molecule has 0 saturated carbocycles. The molecule has 0 aliphatic carbocycles. The number of pyridine rings is 1. The van der Waals surface area contributed by atoms with Crippen LogP contribution in [0.15, 0.2) is 79.1 Å². The molecule has 0 fully saturated rings. The van der Waals surface area contributed by atoms with Crippen molar-refractivity contribution in [3.8, 4) is 5.75 Å². The third kappa shape index (κ3) is 6.17. The Kier molecular flexibility index (Phi) is 6.95. The molecular weight excluding hydrogens is 366 g/mol. The van der Waals surface area contributed by atoms with Gasteiger partial charge in [0.25, 0.3) is 11.8 Å². The van der Waals surface area contributed by atoms with Crippen molar-refractivity contribution in [3.63, 3.8) is 0 Å². The number of rotatable bonds is 8. The van der Waals surface area contributed by atoms with Gasteiger partial charge in [0, 0.05) is 24.4 Å². The SMILES string of the molecule is CCOc1ccc(NC(=O)C[n+]2ccc(C(=O)NCc3ccccc3)cc2)cc1. The average Bonchev–Trinajstić information content (AvgIpc) is 2.75. The maximum Gasteiger partial charge on any atom is 0.290 e. The second-order valence-corrected chi connectivity index (χ2v) is 6.43. The number of hydrogen-bond acceptors (Lipinski definition) is 3. The van der Waals surface area contributed by atoms with E-state index < -0.39 is 0 Å². The van der Waals surface area contributed by atoms with Crippen LogP contribution < -0.4 is 19.9 Å². The Bertz CT molecular complexity index is 939. The fraction of sp³-hybridized carbons (Fsp3) is 0.174. The minimum Gasteiger partial charge on any atom is -0.494 e. The molecule has 3 rings (SSSR count). The summed E-state index contributed by atoms with van der Waals surface area (Å²) in [5, 5.41) is 5.72. The number of anilines is 1. The largest absolute Gasteiger partial charge is 0.494 e. The molecule has 0 aliphatic rings. The monoisotopic (exact) mass is 390 g/mol. The number of ether oxygens (including phenoxy) is 1. The summed E-state index contributed by atoms with van der Waals surface area (Å²) in [7, 11) is 0. The summed E-state index contributed by atoms with van der Waals surface area (Å²) in [4.78, 5) is 24.5. The van der Waals surface area contributed by atoms with Crippen LogP contribution in [0.1, 0.15) is 22.8 Å². The minimum absolute atomic E-state index is 0.152. The molecule has 0 bridgehead atoms. The molecule has 0 unspecified atom stereocenters. The number of carbonyl (C=O) groups excluding carboxylic acids is 2. The maximum atomic E-state index is 12.3. The average molecular weight is 390 g/mol. The van der Waals surface area contributed by atoms with E-state index in [1.165, 1.54) is 0 Å². The quantitative estimate of drug-likeness (QED) is 0.581. The van der Waals surface area contributed by atoms with Crippen molar-refractivity contribution < 1.29 is 18.9 Å². The highest BCUT2D eigenvalue weighted by Crippen LogP contribution is 2.15. The van der Waals surface area contributed by atoms with Crippen LogP contribution in [-0.4, -0.2) is 18.4 Å². The van der Waals surface area contributed by atoms with Gasteiger partial charge in [-0.1, -0.05) is 30.3 Å². The van der Waals surface area contributed by atoms with Gasteiger partial charge in [0.05, 0.1) is 12.2 Å². The van der Waals surface area contributed by atoms with E-state index in [1.54, 1.807) is 41.2 Å². The lowest BCUT2D eigenvalue weighted by atomic mass is 10.2. The number of nitrogens with zero attached hydrogens (tertiary/aromatic N) is 1. The predicted molar refractivity (Wildman–Crippen MR) is 110 cm³/mol. The summed E-state index contributed by atoms with van der Waals surface area (Å²) in [6, 6.07) is 20.4. The molecule has 0 saturated heterocycles. The van der Waals surface area contributed by atoms with Crippen molar-refractivity contribution in [3.05, 3.63) is 90.3 Å². The Morgan fingerprint density at radius 2 is 1.62 bits per heavy atom. The molecule has 3 aromatic rings. The number of amides is 2. The number of hydrogen-bond donors (Lipinski definition) is 2. The van der Waals surface area contributed by atoms with E-state index in [-0.39, 0.29) is 18.4 Å². The Labute approximate surface area is 170 Å². The molecule has 29 heavy (non-hydrogen) atoms. The molecule has 2 amide bonds. The first kappa shape index (κ1) is 20.1. The molecular formula is C23H24N3O3+. The second-order valence-electron chi connectivity index (χ2n) is 6.43. The predicted octanol–water partition coefficient (Wildman–Crippen LogP) is 2.94. The van der Waals surface area contributed by atoms with Gasteiger partial charge in [0.15, 0.2) is 12.4 Å². The Hall–Kier alpha value is -3.67. The summed E-state index contributed by atoms with van der Waals surface area (Å²) in [5.74, 6) is 0.460. The molecule has 0 spiro atoms. The highest BCUT2D eigenvalue weighted by Gasteiger charge is 2.12. The van der Waals surface area contributed by atoms with Crippen molar-refractivity contribution in [1.29, 1.82) is 0 Å². The molecule has 1 aromatic heterocycles. The zero-order chi connectivity index (χ0) is 20.5. The van der Waals surface area contributed by atoms with Crippen molar-refractivity contribution in [2.24, 2.45) is 0 Å². The van der Waals surface area contributed by atoms with Gasteiger partial charge in [-0.05, 0) is 36.8 Å². The molecule has 0 aliphatic heterocycles. The van der Waals surface area contributed by atoms with E-state index in [4.69, 9.17) is 4.74 Å². The summed E-state index contributed by atoms with van der Waals surface area (Å²) in [5.41, 5.74) is 2.29. The molecule has 2 aromatic carbocycles. The van der Waals surface area contributed by atoms with Crippen LogP contribution in [0.5, 0.6) is 5.75 Å². The van der Waals surface area contributed by atoms with Crippen molar-refractivity contribution in [2.45, 2.75) is 20.0 Å². The first-order valence-electron chi connectivity index (χ1n) is 9.48. The van der Waals surface area contributed by atoms with Crippen LogP contribution in [0.4, 0.5) is 5.69 Å². The van der Waals surface area contributed by atoms with Crippen LogP contribution in [0, 0.1) is 0 Å². The van der Waals surface area contributed by atoms with Crippen molar-refractivity contribution >= 4 is 17.5 Å². The third-order valence-corrected chi connectivity index (χ3v) is 4.22. The molecule has 6 heteroatoms. The smallest absolute Gasteiger partial charge is 0.290 e. The van der Waals surface area contributed by atoms with Gasteiger partial charge in [-0.2, -0.15) is 4.57 Å². The zero-order valence-electron chi connectivity index (χ0n) is 16.3. The maximum absolute atomic E-state index is 12.3.